The molecule has 1 saturated carbocycles. The summed E-state index contributed by atoms with van der Waals surface area (Å²) in [5.41, 5.74) is 3.07. The Kier molecular flexibility index (Phi) is 4.05. The van der Waals surface area contributed by atoms with Crippen LogP contribution in [-0.4, -0.2) is 28.9 Å². The van der Waals surface area contributed by atoms with E-state index in [0.29, 0.717) is 12.0 Å². The molecule has 2 atom stereocenters. The van der Waals surface area contributed by atoms with Gasteiger partial charge in [0.05, 0.1) is 17.8 Å². The third-order valence-corrected chi connectivity index (χ3v) is 6.61. The van der Waals surface area contributed by atoms with Gasteiger partial charge >= 0.3 is 0 Å². The number of hydrogen-bond acceptors (Lipinski definition) is 4. The lowest BCUT2D eigenvalue weighted by Crippen LogP contribution is -2.40. The van der Waals surface area contributed by atoms with Gasteiger partial charge < -0.3 is 14.6 Å². The lowest BCUT2D eigenvalue weighted by molar-refractivity contribution is -0.204. The van der Waals surface area contributed by atoms with Gasteiger partial charge in [-0.25, -0.2) is 0 Å². The molecule has 2 fully saturated rings. The van der Waals surface area contributed by atoms with Crippen molar-refractivity contribution >= 4 is 11.4 Å². The SMILES string of the molecule is Cc1ccc(C)c(C2=C(O)C3(CCC4(CC3)OC(C)C(C)O4)CC2=O)c1. The number of aliphatic hydroxyl groups is 1. The fraction of sp³-hybridized carbons (Fsp3) is 0.591. The number of carbonyl (C=O) groups excluding carboxylic acids is 1. The van der Waals surface area contributed by atoms with Crippen LogP contribution in [0.2, 0.25) is 0 Å². The Balaban J connectivity index is 1.64. The molecule has 1 N–H and O–H groups in total. The monoisotopic (exact) mass is 356 g/mol. The predicted octanol–water partition coefficient (Wildman–Crippen LogP) is 4.63. The Morgan fingerprint density at radius 2 is 1.65 bits per heavy atom. The van der Waals surface area contributed by atoms with Crippen LogP contribution in [0.25, 0.3) is 5.57 Å². The minimum Gasteiger partial charge on any atom is -0.511 e. The van der Waals surface area contributed by atoms with Crippen LogP contribution < -0.4 is 0 Å². The Hall–Kier alpha value is -1.65. The summed E-state index contributed by atoms with van der Waals surface area (Å²) >= 11 is 0. The molecule has 140 valence electrons. The van der Waals surface area contributed by atoms with Gasteiger partial charge in [-0.3, -0.25) is 4.79 Å². The normalized spacial score (nSPS) is 37.3. The summed E-state index contributed by atoms with van der Waals surface area (Å²) in [4.78, 5) is 12.9. The molecule has 2 aliphatic carbocycles. The van der Waals surface area contributed by atoms with Crippen LogP contribution in [0.5, 0.6) is 0 Å². The second kappa shape index (κ2) is 5.93. The maximum Gasteiger partial charge on any atom is 0.169 e. The van der Waals surface area contributed by atoms with Crippen LogP contribution in [-0.2, 0) is 14.3 Å². The molecule has 4 nitrogen and oxygen atoms in total. The molecule has 2 spiro atoms. The van der Waals surface area contributed by atoms with Crippen molar-refractivity contribution in [2.45, 2.75) is 77.8 Å². The number of benzene rings is 1. The van der Waals surface area contributed by atoms with Gasteiger partial charge in [-0.1, -0.05) is 23.8 Å². The Morgan fingerprint density at radius 1 is 1.04 bits per heavy atom. The van der Waals surface area contributed by atoms with Crippen molar-refractivity contribution in [3.05, 3.63) is 40.6 Å². The van der Waals surface area contributed by atoms with E-state index in [0.717, 1.165) is 42.4 Å². The molecular formula is C22H28O4. The maximum atomic E-state index is 12.9. The molecule has 4 rings (SSSR count). The number of hydrogen-bond donors (Lipinski definition) is 1. The van der Waals surface area contributed by atoms with E-state index in [-0.39, 0.29) is 23.8 Å². The van der Waals surface area contributed by atoms with E-state index in [1.807, 2.05) is 45.9 Å². The highest BCUT2D eigenvalue weighted by Gasteiger charge is 2.55. The first-order chi connectivity index (χ1) is 12.3. The number of ketones is 1. The van der Waals surface area contributed by atoms with Gasteiger partial charge in [-0.05, 0) is 51.7 Å². The van der Waals surface area contributed by atoms with Crippen molar-refractivity contribution in [3.63, 3.8) is 0 Å². The summed E-state index contributed by atoms with van der Waals surface area (Å²) in [5, 5.41) is 11.1. The van der Waals surface area contributed by atoms with Gasteiger partial charge in [0.15, 0.2) is 11.6 Å². The molecule has 2 unspecified atom stereocenters. The first-order valence-electron chi connectivity index (χ1n) is 9.65. The van der Waals surface area contributed by atoms with Gasteiger partial charge in [0.2, 0.25) is 0 Å². The Morgan fingerprint density at radius 3 is 2.27 bits per heavy atom. The van der Waals surface area contributed by atoms with Crippen molar-refractivity contribution in [1.82, 2.24) is 0 Å². The van der Waals surface area contributed by atoms with Crippen LogP contribution in [0.4, 0.5) is 0 Å². The summed E-state index contributed by atoms with van der Waals surface area (Å²) < 4.78 is 12.2. The van der Waals surface area contributed by atoms with Crippen molar-refractivity contribution in [3.8, 4) is 0 Å². The van der Waals surface area contributed by atoms with Gasteiger partial charge in [0.1, 0.15) is 5.76 Å². The molecular weight excluding hydrogens is 328 g/mol. The number of aryl methyl sites for hydroxylation is 2. The lowest BCUT2D eigenvalue weighted by atomic mass is 9.70. The zero-order chi connectivity index (χ0) is 18.7. The molecule has 4 heteroatoms. The summed E-state index contributed by atoms with van der Waals surface area (Å²) in [6.45, 7) is 8.08. The van der Waals surface area contributed by atoms with Crippen LogP contribution in [0.1, 0.15) is 62.6 Å². The highest BCUT2D eigenvalue weighted by Crippen LogP contribution is 2.56. The maximum absolute atomic E-state index is 12.9. The van der Waals surface area contributed by atoms with E-state index in [4.69, 9.17) is 9.47 Å². The summed E-state index contributed by atoms with van der Waals surface area (Å²) in [5.74, 6) is -0.192. The minimum absolute atomic E-state index is 0.0575. The highest BCUT2D eigenvalue weighted by atomic mass is 16.8. The van der Waals surface area contributed by atoms with Crippen LogP contribution in [0.15, 0.2) is 24.0 Å². The largest absolute Gasteiger partial charge is 0.511 e. The second-order valence-electron chi connectivity index (χ2n) is 8.48. The fourth-order valence-corrected chi connectivity index (χ4v) is 4.82. The van der Waals surface area contributed by atoms with E-state index in [9.17, 15) is 9.90 Å². The van der Waals surface area contributed by atoms with Crippen molar-refractivity contribution < 1.29 is 19.4 Å². The predicted molar refractivity (Wildman–Crippen MR) is 99.8 cm³/mol. The molecule has 1 heterocycles. The van der Waals surface area contributed by atoms with E-state index in [2.05, 4.69) is 0 Å². The number of rotatable bonds is 1. The van der Waals surface area contributed by atoms with Crippen molar-refractivity contribution in [2.75, 3.05) is 0 Å². The quantitative estimate of drug-likeness (QED) is 0.797. The first-order valence-corrected chi connectivity index (χ1v) is 9.65. The van der Waals surface area contributed by atoms with Gasteiger partial charge in [-0.15, -0.1) is 0 Å². The number of Topliss-reactive ketones (excluding diaryl/α,β-unsaturated/α-hetero) is 1. The molecule has 1 aromatic carbocycles. The molecule has 26 heavy (non-hydrogen) atoms. The fourth-order valence-electron chi connectivity index (χ4n) is 4.82. The molecule has 0 bridgehead atoms. The summed E-state index contributed by atoms with van der Waals surface area (Å²) in [6, 6.07) is 6.06. The minimum atomic E-state index is -0.532. The molecule has 1 saturated heterocycles. The summed E-state index contributed by atoms with van der Waals surface area (Å²) in [7, 11) is 0. The van der Waals surface area contributed by atoms with E-state index in [1.54, 1.807) is 0 Å². The lowest BCUT2D eigenvalue weighted by Gasteiger charge is -2.41. The zero-order valence-corrected chi connectivity index (χ0v) is 16.1. The van der Waals surface area contributed by atoms with Crippen LogP contribution in [0.3, 0.4) is 0 Å². The Bertz CT molecular complexity index is 771. The van der Waals surface area contributed by atoms with E-state index < -0.39 is 11.2 Å². The first kappa shape index (κ1) is 17.7. The average Bonchev–Trinajstić information content (AvgIpc) is 3.00. The number of ether oxygens (including phenoxy) is 2. The molecule has 1 aliphatic heterocycles. The zero-order valence-electron chi connectivity index (χ0n) is 16.1. The third kappa shape index (κ3) is 2.62. The highest BCUT2D eigenvalue weighted by molar-refractivity contribution is 6.24. The average molecular weight is 356 g/mol. The van der Waals surface area contributed by atoms with Crippen LogP contribution in [0, 0.1) is 19.3 Å². The standard InChI is InChI=1S/C22H28O4/c1-13-5-6-14(2)17(11-13)19-18(23)12-21(20(19)24)7-9-22(10-8-21)25-15(3)16(4)26-22/h5-6,11,15-16,24H,7-10,12H2,1-4H3. The van der Waals surface area contributed by atoms with E-state index in [1.165, 1.54) is 0 Å². The molecule has 0 amide bonds. The van der Waals surface area contributed by atoms with Gasteiger partial charge in [0.25, 0.3) is 0 Å². The number of aliphatic hydroxyl groups excluding tert-OH is 1. The topological polar surface area (TPSA) is 55.8 Å². The van der Waals surface area contributed by atoms with Crippen molar-refractivity contribution in [2.24, 2.45) is 5.41 Å². The smallest absolute Gasteiger partial charge is 0.169 e. The van der Waals surface area contributed by atoms with Crippen molar-refractivity contribution in [1.29, 1.82) is 0 Å². The molecule has 3 aliphatic rings. The van der Waals surface area contributed by atoms with Gasteiger partial charge in [-0.2, -0.15) is 0 Å². The molecule has 0 aromatic heterocycles. The Labute approximate surface area is 155 Å². The number of carbonyl (C=O) groups is 1. The number of allylic oxidation sites excluding steroid dienone is 2. The van der Waals surface area contributed by atoms with Gasteiger partial charge in [0, 0.05) is 24.7 Å². The third-order valence-electron chi connectivity index (χ3n) is 6.61. The molecule has 0 radical (unpaired) electrons. The molecule has 1 aromatic rings. The van der Waals surface area contributed by atoms with E-state index >= 15 is 0 Å². The summed E-state index contributed by atoms with van der Waals surface area (Å²) in [6.07, 6.45) is 3.45. The second-order valence-corrected chi connectivity index (χ2v) is 8.48. The van der Waals surface area contributed by atoms with Crippen LogP contribution >= 0.6 is 0 Å².